The third kappa shape index (κ3) is 3.09. The summed E-state index contributed by atoms with van der Waals surface area (Å²) in [6.07, 6.45) is 0. The van der Waals surface area contributed by atoms with Gasteiger partial charge in [0.1, 0.15) is 5.76 Å². The van der Waals surface area contributed by atoms with Crippen LogP contribution >= 0.6 is 0 Å². The first kappa shape index (κ1) is 14.5. The molecule has 0 spiro atoms. The van der Waals surface area contributed by atoms with Crippen LogP contribution in [0.2, 0.25) is 0 Å². The lowest BCUT2D eigenvalue weighted by atomic mass is 10.2. The Morgan fingerprint density at radius 1 is 1.05 bits per heavy atom. The number of aromatic nitrogens is 2. The SMILES string of the molecule is Cc1ccc(-c2nnc(C(C)N(C)Cc3ccccc3)o2)o1. The van der Waals surface area contributed by atoms with Gasteiger partial charge in [-0.15, -0.1) is 10.2 Å². The Morgan fingerprint density at radius 3 is 2.50 bits per heavy atom. The summed E-state index contributed by atoms with van der Waals surface area (Å²) in [6.45, 7) is 4.75. The van der Waals surface area contributed by atoms with Gasteiger partial charge in [-0.05, 0) is 38.6 Å². The van der Waals surface area contributed by atoms with E-state index in [1.54, 1.807) is 0 Å². The summed E-state index contributed by atoms with van der Waals surface area (Å²) in [6, 6.07) is 14.0. The van der Waals surface area contributed by atoms with Gasteiger partial charge < -0.3 is 8.83 Å². The standard InChI is InChI=1S/C17H19N3O2/c1-12-9-10-15(21-12)17-19-18-16(22-17)13(2)20(3)11-14-7-5-4-6-8-14/h4-10,13H,11H2,1-3H3. The average Bonchev–Trinajstić information content (AvgIpc) is 3.16. The minimum Gasteiger partial charge on any atom is -0.456 e. The van der Waals surface area contributed by atoms with E-state index in [9.17, 15) is 0 Å². The van der Waals surface area contributed by atoms with Gasteiger partial charge in [-0.25, -0.2) is 0 Å². The van der Waals surface area contributed by atoms with Crippen LogP contribution in [0.25, 0.3) is 11.7 Å². The second kappa shape index (κ2) is 6.15. The van der Waals surface area contributed by atoms with Gasteiger partial charge in [-0.1, -0.05) is 30.3 Å². The number of furan rings is 1. The Labute approximate surface area is 129 Å². The van der Waals surface area contributed by atoms with E-state index in [1.165, 1.54) is 5.56 Å². The fourth-order valence-corrected chi connectivity index (χ4v) is 2.25. The van der Waals surface area contributed by atoms with E-state index >= 15 is 0 Å². The Bertz CT molecular complexity index is 733. The van der Waals surface area contributed by atoms with Crippen LogP contribution in [0.5, 0.6) is 0 Å². The molecule has 1 aromatic carbocycles. The van der Waals surface area contributed by atoms with Gasteiger partial charge in [0.15, 0.2) is 5.76 Å². The zero-order chi connectivity index (χ0) is 15.5. The number of benzene rings is 1. The quantitative estimate of drug-likeness (QED) is 0.716. The van der Waals surface area contributed by atoms with Crippen molar-refractivity contribution in [2.75, 3.05) is 7.05 Å². The molecule has 1 unspecified atom stereocenters. The van der Waals surface area contributed by atoms with Crippen LogP contribution in [-0.4, -0.2) is 22.1 Å². The largest absolute Gasteiger partial charge is 0.456 e. The molecule has 114 valence electrons. The first-order valence-corrected chi connectivity index (χ1v) is 7.28. The third-order valence-electron chi connectivity index (χ3n) is 3.69. The Balaban J connectivity index is 1.72. The van der Waals surface area contributed by atoms with Crippen molar-refractivity contribution >= 4 is 0 Å². The zero-order valence-electron chi connectivity index (χ0n) is 13.0. The van der Waals surface area contributed by atoms with Crippen LogP contribution in [0.3, 0.4) is 0 Å². The van der Waals surface area contributed by atoms with Crippen molar-refractivity contribution in [2.45, 2.75) is 26.4 Å². The van der Waals surface area contributed by atoms with E-state index < -0.39 is 0 Å². The molecule has 3 rings (SSSR count). The lowest BCUT2D eigenvalue weighted by molar-refractivity contribution is 0.217. The smallest absolute Gasteiger partial charge is 0.283 e. The minimum atomic E-state index is 0.0255. The fourth-order valence-electron chi connectivity index (χ4n) is 2.25. The normalized spacial score (nSPS) is 12.7. The van der Waals surface area contributed by atoms with Crippen LogP contribution < -0.4 is 0 Å². The summed E-state index contributed by atoms with van der Waals surface area (Å²) < 4.78 is 11.3. The summed E-state index contributed by atoms with van der Waals surface area (Å²) in [7, 11) is 2.04. The molecule has 0 aliphatic rings. The zero-order valence-corrected chi connectivity index (χ0v) is 13.0. The van der Waals surface area contributed by atoms with E-state index in [-0.39, 0.29) is 6.04 Å². The van der Waals surface area contributed by atoms with E-state index in [1.807, 2.05) is 51.2 Å². The van der Waals surface area contributed by atoms with Gasteiger partial charge in [-0.3, -0.25) is 4.90 Å². The molecule has 0 saturated carbocycles. The molecule has 5 heteroatoms. The summed E-state index contributed by atoms with van der Waals surface area (Å²) >= 11 is 0. The predicted octanol–water partition coefficient (Wildman–Crippen LogP) is 3.83. The molecule has 0 aliphatic heterocycles. The van der Waals surface area contributed by atoms with Crippen molar-refractivity contribution in [3.05, 3.63) is 59.7 Å². The molecule has 3 aromatic rings. The summed E-state index contributed by atoms with van der Waals surface area (Å²) in [5, 5.41) is 8.22. The van der Waals surface area contributed by atoms with Crippen molar-refractivity contribution in [1.82, 2.24) is 15.1 Å². The van der Waals surface area contributed by atoms with Crippen LogP contribution in [0.15, 0.2) is 51.3 Å². The van der Waals surface area contributed by atoms with Crippen molar-refractivity contribution in [2.24, 2.45) is 0 Å². The Hall–Kier alpha value is -2.40. The molecular formula is C17H19N3O2. The summed E-state index contributed by atoms with van der Waals surface area (Å²) in [4.78, 5) is 2.17. The maximum atomic E-state index is 5.75. The molecule has 2 aromatic heterocycles. The molecule has 0 amide bonds. The summed E-state index contributed by atoms with van der Waals surface area (Å²) in [5.41, 5.74) is 1.25. The lowest BCUT2D eigenvalue weighted by Crippen LogP contribution is -2.22. The second-order valence-electron chi connectivity index (χ2n) is 5.43. The fraction of sp³-hybridized carbons (Fsp3) is 0.294. The molecule has 22 heavy (non-hydrogen) atoms. The number of aryl methyl sites for hydroxylation is 1. The molecule has 0 radical (unpaired) electrons. The minimum absolute atomic E-state index is 0.0255. The average molecular weight is 297 g/mol. The number of hydrogen-bond acceptors (Lipinski definition) is 5. The van der Waals surface area contributed by atoms with Crippen molar-refractivity contribution in [1.29, 1.82) is 0 Å². The maximum absolute atomic E-state index is 5.75. The molecule has 0 fully saturated rings. The Kier molecular flexibility index (Phi) is 4.06. The van der Waals surface area contributed by atoms with Crippen LogP contribution in [-0.2, 0) is 6.54 Å². The van der Waals surface area contributed by atoms with Crippen LogP contribution in [0, 0.1) is 6.92 Å². The van der Waals surface area contributed by atoms with E-state index in [0.29, 0.717) is 17.5 Å². The highest BCUT2D eigenvalue weighted by atomic mass is 16.4. The molecular weight excluding hydrogens is 278 g/mol. The van der Waals surface area contributed by atoms with Crippen molar-refractivity contribution < 1.29 is 8.83 Å². The monoisotopic (exact) mass is 297 g/mol. The maximum Gasteiger partial charge on any atom is 0.283 e. The van der Waals surface area contributed by atoms with Gasteiger partial charge in [0.25, 0.3) is 5.89 Å². The molecule has 0 bridgehead atoms. The molecule has 5 nitrogen and oxygen atoms in total. The molecule has 0 saturated heterocycles. The summed E-state index contributed by atoms with van der Waals surface area (Å²) in [5.74, 6) is 2.43. The number of nitrogens with zero attached hydrogens (tertiary/aromatic N) is 3. The van der Waals surface area contributed by atoms with Gasteiger partial charge in [0, 0.05) is 6.54 Å². The van der Waals surface area contributed by atoms with Crippen molar-refractivity contribution in [3.63, 3.8) is 0 Å². The number of rotatable bonds is 5. The van der Waals surface area contributed by atoms with Crippen LogP contribution in [0.1, 0.15) is 30.2 Å². The Morgan fingerprint density at radius 2 is 1.82 bits per heavy atom. The van der Waals surface area contributed by atoms with E-state index in [0.717, 1.165) is 12.3 Å². The third-order valence-corrected chi connectivity index (χ3v) is 3.69. The van der Waals surface area contributed by atoms with E-state index in [4.69, 9.17) is 8.83 Å². The highest BCUT2D eigenvalue weighted by Crippen LogP contribution is 2.25. The molecule has 1 atom stereocenters. The van der Waals surface area contributed by atoms with Gasteiger partial charge in [-0.2, -0.15) is 0 Å². The second-order valence-corrected chi connectivity index (χ2v) is 5.43. The van der Waals surface area contributed by atoms with Crippen LogP contribution in [0.4, 0.5) is 0 Å². The van der Waals surface area contributed by atoms with Crippen molar-refractivity contribution in [3.8, 4) is 11.7 Å². The van der Waals surface area contributed by atoms with Gasteiger partial charge in [0.2, 0.25) is 5.89 Å². The first-order valence-electron chi connectivity index (χ1n) is 7.28. The molecule has 0 N–H and O–H groups in total. The van der Waals surface area contributed by atoms with Gasteiger partial charge >= 0.3 is 0 Å². The lowest BCUT2D eigenvalue weighted by Gasteiger charge is -2.21. The predicted molar refractivity (Wildman–Crippen MR) is 83.1 cm³/mol. The highest BCUT2D eigenvalue weighted by molar-refractivity contribution is 5.43. The highest BCUT2D eigenvalue weighted by Gasteiger charge is 2.20. The topological polar surface area (TPSA) is 55.3 Å². The number of hydrogen-bond donors (Lipinski definition) is 0. The van der Waals surface area contributed by atoms with Gasteiger partial charge in [0.05, 0.1) is 6.04 Å². The molecule has 0 aliphatic carbocycles. The molecule has 2 heterocycles. The first-order chi connectivity index (χ1) is 10.6. The van der Waals surface area contributed by atoms with E-state index in [2.05, 4.69) is 27.2 Å².